The van der Waals surface area contributed by atoms with Crippen molar-refractivity contribution in [3.05, 3.63) is 62.6 Å². The second kappa shape index (κ2) is 9.20. The second-order valence-electron chi connectivity index (χ2n) is 5.29. The number of esters is 1. The summed E-state index contributed by atoms with van der Waals surface area (Å²) in [6.45, 7) is 0.825. The minimum absolute atomic E-state index is 0.0593. The summed E-state index contributed by atoms with van der Waals surface area (Å²) in [6.07, 6.45) is -0.969. The summed E-state index contributed by atoms with van der Waals surface area (Å²) in [5, 5.41) is 14.0. The quantitative estimate of drug-likeness (QED) is 0.420. The van der Waals surface area contributed by atoms with E-state index in [1.165, 1.54) is 19.1 Å². The molecule has 0 bridgehead atoms. The molecular formula is C17H14Cl2N2O6. The van der Waals surface area contributed by atoms with E-state index in [2.05, 4.69) is 5.32 Å². The Morgan fingerprint density at radius 3 is 2.41 bits per heavy atom. The fourth-order valence-corrected chi connectivity index (χ4v) is 2.26. The van der Waals surface area contributed by atoms with Gasteiger partial charge in [0.2, 0.25) is 0 Å². The Kier molecular flexibility index (Phi) is 6.98. The highest BCUT2D eigenvalue weighted by atomic mass is 35.5. The van der Waals surface area contributed by atoms with Crippen molar-refractivity contribution in [1.82, 2.24) is 0 Å². The molecule has 2 aromatic carbocycles. The number of hydrogen-bond donors (Lipinski definition) is 1. The number of amides is 1. The Morgan fingerprint density at radius 1 is 1.15 bits per heavy atom. The van der Waals surface area contributed by atoms with Crippen LogP contribution in [0.2, 0.25) is 10.0 Å². The molecule has 2 rings (SSSR count). The maximum atomic E-state index is 11.9. The van der Waals surface area contributed by atoms with E-state index in [0.29, 0.717) is 10.8 Å². The predicted octanol–water partition coefficient (Wildman–Crippen LogP) is 3.85. The smallest absolute Gasteiger partial charge is 0.347 e. The van der Waals surface area contributed by atoms with E-state index in [4.69, 9.17) is 32.7 Å². The number of benzene rings is 2. The molecule has 142 valence electrons. The number of ether oxygens (including phenoxy) is 2. The normalized spacial score (nSPS) is 11.4. The molecule has 8 nitrogen and oxygen atoms in total. The van der Waals surface area contributed by atoms with E-state index in [0.717, 1.165) is 6.07 Å². The molecule has 0 fully saturated rings. The number of rotatable bonds is 7. The first kappa shape index (κ1) is 20.5. The number of halogens is 2. The molecule has 0 aromatic heterocycles. The van der Waals surface area contributed by atoms with Gasteiger partial charge in [-0.05, 0) is 43.3 Å². The van der Waals surface area contributed by atoms with Crippen LogP contribution in [0.15, 0.2) is 42.5 Å². The van der Waals surface area contributed by atoms with E-state index in [1.54, 1.807) is 24.3 Å². The summed E-state index contributed by atoms with van der Waals surface area (Å²) in [6, 6.07) is 10.1. The Labute approximate surface area is 164 Å². The first-order chi connectivity index (χ1) is 12.8. The number of anilines is 1. The Bertz CT molecular complexity index is 857. The highest BCUT2D eigenvalue weighted by Gasteiger charge is 2.20. The van der Waals surface area contributed by atoms with Gasteiger partial charge in [-0.25, -0.2) is 4.79 Å². The number of nitro groups is 1. The van der Waals surface area contributed by atoms with Gasteiger partial charge < -0.3 is 14.8 Å². The van der Waals surface area contributed by atoms with Gasteiger partial charge in [-0.15, -0.1) is 0 Å². The number of nitrogens with one attached hydrogen (secondary N) is 1. The van der Waals surface area contributed by atoms with Gasteiger partial charge in [-0.2, -0.15) is 0 Å². The first-order valence-corrected chi connectivity index (χ1v) is 8.34. The van der Waals surface area contributed by atoms with Gasteiger partial charge in [-0.1, -0.05) is 23.2 Å². The standard InChI is InChI=1S/C17H14Cl2N2O6/c1-10(27-13-5-2-11(18)3-6-13)17(23)26-9-16(22)20-14-7-4-12(19)8-15(14)21(24)25/h2-8,10H,9H2,1H3,(H,20,22)/t10-/m0/s1. The highest BCUT2D eigenvalue weighted by molar-refractivity contribution is 6.31. The van der Waals surface area contributed by atoms with E-state index < -0.39 is 29.5 Å². The lowest BCUT2D eigenvalue weighted by Gasteiger charge is -2.14. The second-order valence-corrected chi connectivity index (χ2v) is 6.16. The zero-order valence-electron chi connectivity index (χ0n) is 14.0. The van der Waals surface area contributed by atoms with Crippen molar-refractivity contribution in [3.8, 4) is 5.75 Å². The lowest BCUT2D eigenvalue weighted by molar-refractivity contribution is -0.383. The zero-order valence-corrected chi connectivity index (χ0v) is 15.5. The van der Waals surface area contributed by atoms with Crippen LogP contribution in [-0.2, 0) is 14.3 Å². The van der Waals surface area contributed by atoms with Crippen LogP contribution in [0.3, 0.4) is 0 Å². The van der Waals surface area contributed by atoms with E-state index >= 15 is 0 Å². The van der Waals surface area contributed by atoms with Crippen LogP contribution in [0.5, 0.6) is 5.75 Å². The molecule has 0 saturated heterocycles. The number of carbonyl (C=O) groups is 2. The first-order valence-electron chi connectivity index (χ1n) is 7.59. The van der Waals surface area contributed by atoms with E-state index in [-0.39, 0.29) is 16.4 Å². The van der Waals surface area contributed by atoms with Gasteiger partial charge in [0.15, 0.2) is 12.7 Å². The number of nitro benzene ring substituents is 1. The van der Waals surface area contributed by atoms with Crippen LogP contribution in [0.4, 0.5) is 11.4 Å². The summed E-state index contributed by atoms with van der Waals surface area (Å²) in [4.78, 5) is 34.1. The summed E-state index contributed by atoms with van der Waals surface area (Å²) in [7, 11) is 0. The molecule has 27 heavy (non-hydrogen) atoms. The molecule has 1 N–H and O–H groups in total. The molecule has 0 unspecified atom stereocenters. The lowest BCUT2D eigenvalue weighted by Crippen LogP contribution is -2.29. The Balaban J connectivity index is 1.88. The van der Waals surface area contributed by atoms with Crippen molar-refractivity contribution in [2.45, 2.75) is 13.0 Å². The zero-order chi connectivity index (χ0) is 20.0. The predicted molar refractivity (Wildman–Crippen MR) is 99.2 cm³/mol. The number of hydrogen-bond acceptors (Lipinski definition) is 6. The SMILES string of the molecule is C[C@H](Oc1ccc(Cl)cc1)C(=O)OCC(=O)Nc1ccc(Cl)cc1[N+](=O)[O-]. The average Bonchev–Trinajstić information content (AvgIpc) is 2.62. The minimum Gasteiger partial charge on any atom is -0.479 e. The van der Waals surface area contributed by atoms with E-state index in [1.807, 2.05) is 0 Å². The molecule has 2 aromatic rings. The average molecular weight is 413 g/mol. The van der Waals surface area contributed by atoms with Crippen molar-refractivity contribution in [1.29, 1.82) is 0 Å². The van der Waals surface area contributed by atoms with Crippen LogP contribution < -0.4 is 10.1 Å². The maximum absolute atomic E-state index is 11.9. The Hall–Kier alpha value is -2.84. The molecule has 0 aliphatic rings. The summed E-state index contributed by atoms with van der Waals surface area (Å²) in [5.41, 5.74) is -0.433. The van der Waals surface area contributed by atoms with Gasteiger partial charge in [0.25, 0.3) is 11.6 Å². The summed E-state index contributed by atoms with van der Waals surface area (Å²) >= 11 is 11.5. The van der Waals surface area contributed by atoms with Crippen LogP contribution >= 0.6 is 23.2 Å². The molecule has 0 saturated carbocycles. The largest absolute Gasteiger partial charge is 0.479 e. The fraction of sp³-hybridized carbons (Fsp3) is 0.176. The summed E-state index contributed by atoms with van der Waals surface area (Å²) < 4.78 is 10.2. The molecule has 0 heterocycles. The third-order valence-electron chi connectivity index (χ3n) is 3.23. The molecule has 0 spiro atoms. The Morgan fingerprint density at radius 2 is 1.78 bits per heavy atom. The van der Waals surface area contributed by atoms with Crippen LogP contribution in [-0.4, -0.2) is 29.5 Å². The molecule has 1 atom stereocenters. The van der Waals surface area contributed by atoms with Gasteiger partial charge in [0.05, 0.1) is 4.92 Å². The van der Waals surface area contributed by atoms with Gasteiger partial charge in [0, 0.05) is 16.1 Å². The van der Waals surface area contributed by atoms with Crippen molar-refractivity contribution in [3.63, 3.8) is 0 Å². The maximum Gasteiger partial charge on any atom is 0.347 e. The monoisotopic (exact) mass is 412 g/mol. The topological polar surface area (TPSA) is 108 Å². The fourth-order valence-electron chi connectivity index (χ4n) is 1.97. The van der Waals surface area contributed by atoms with Crippen molar-refractivity contribution < 1.29 is 24.0 Å². The van der Waals surface area contributed by atoms with Crippen molar-refractivity contribution in [2.75, 3.05) is 11.9 Å². The highest BCUT2D eigenvalue weighted by Crippen LogP contribution is 2.27. The van der Waals surface area contributed by atoms with Gasteiger partial charge in [0.1, 0.15) is 11.4 Å². The van der Waals surface area contributed by atoms with Gasteiger partial charge in [-0.3, -0.25) is 14.9 Å². The molecule has 1 amide bonds. The van der Waals surface area contributed by atoms with Crippen LogP contribution in [0, 0.1) is 10.1 Å². The van der Waals surface area contributed by atoms with Crippen molar-refractivity contribution >= 4 is 46.5 Å². The molecule has 0 aliphatic carbocycles. The molecule has 10 heteroatoms. The third kappa shape index (κ3) is 6.12. The number of nitrogens with zero attached hydrogens (tertiary/aromatic N) is 1. The molecule has 0 radical (unpaired) electrons. The van der Waals surface area contributed by atoms with Crippen molar-refractivity contribution in [2.24, 2.45) is 0 Å². The molecular weight excluding hydrogens is 399 g/mol. The molecule has 0 aliphatic heterocycles. The third-order valence-corrected chi connectivity index (χ3v) is 3.72. The number of carbonyl (C=O) groups excluding carboxylic acids is 2. The summed E-state index contributed by atoms with van der Waals surface area (Å²) in [5.74, 6) is -1.11. The van der Waals surface area contributed by atoms with E-state index in [9.17, 15) is 19.7 Å². The lowest BCUT2D eigenvalue weighted by atomic mass is 10.2. The minimum atomic E-state index is -0.969. The van der Waals surface area contributed by atoms with Gasteiger partial charge >= 0.3 is 5.97 Å². The van der Waals surface area contributed by atoms with Crippen LogP contribution in [0.1, 0.15) is 6.92 Å². The van der Waals surface area contributed by atoms with Crippen LogP contribution in [0.25, 0.3) is 0 Å².